The molecule has 0 aliphatic heterocycles. The molecule has 0 radical (unpaired) electrons. The van der Waals surface area contributed by atoms with Crippen molar-refractivity contribution in [2.24, 2.45) is 11.8 Å². The lowest BCUT2D eigenvalue weighted by Gasteiger charge is -2.13. The standard InChI is InChI=1S/C13H15BO2/c15-14(16)12-5-3-10(4-6-12)13-8-9-1-2-11(13)7-9/h3-6,8-9,11,15-16H,1-2,7H2. The van der Waals surface area contributed by atoms with E-state index in [9.17, 15) is 0 Å². The third kappa shape index (κ3) is 1.60. The third-order valence-corrected chi connectivity index (χ3v) is 3.87. The van der Waals surface area contributed by atoms with Crippen LogP contribution >= 0.6 is 0 Å². The topological polar surface area (TPSA) is 40.5 Å². The van der Waals surface area contributed by atoms with Crippen molar-refractivity contribution in [3.63, 3.8) is 0 Å². The molecule has 1 fully saturated rings. The van der Waals surface area contributed by atoms with Crippen LogP contribution in [-0.4, -0.2) is 17.2 Å². The molecular weight excluding hydrogens is 199 g/mol. The zero-order valence-electron chi connectivity index (χ0n) is 9.13. The van der Waals surface area contributed by atoms with E-state index >= 15 is 0 Å². The van der Waals surface area contributed by atoms with Crippen molar-refractivity contribution in [2.45, 2.75) is 19.3 Å². The first kappa shape index (κ1) is 10.1. The summed E-state index contributed by atoms with van der Waals surface area (Å²) in [6, 6.07) is 7.60. The summed E-state index contributed by atoms with van der Waals surface area (Å²) < 4.78 is 0. The second-order valence-corrected chi connectivity index (χ2v) is 4.89. The predicted molar refractivity (Wildman–Crippen MR) is 65.1 cm³/mol. The molecule has 2 N–H and O–H groups in total. The van der Waals surface area contributed by atoms with E-state index in [0.29, 0.717) is 5.46 Å². The first-order valence-electron chi connectivity index (χ1n) is 5.92. The van der Waals surface area contributed by atoms with Gasteiger partial charge in [-0.15, -0.1) is 0 Å². The summed E-state index contributed by atoms with van der Waals surface area (Å²) in [5.41, 5.74) is 3.28. The molecule has 16 heavy (non-hydrogen) atoms. The predicted octanol–water partition coefficient (Wildman–Crippen LogP) is 1.18. The molecule has 0 amide bonds. The summed E-state index contributed by atoms with van der Waals surface area (Å²) in [4.78, 5) is 0. The molecule has 2 aliphatic rings. The minimum atomic E-state index is -1.36. The SMILES string of the molecule is OB(O)c1ccc(C2=CC3CCC2C3)cc1. The second kappa shape index (κ2) is 3.76. The molecule has 3 rings (SSSR count). The van der Waals surface area contributed by atoms with Crippen LogP contribution in [0.15, 0.2) is 30.3 Å². The fourth-order valence-corrected chi connectivity index (χ4v) is 3.02. The van der Waals surface area contributed by atoms with E-state index in [1.54, 1.807) is 12.1 Å². The lowest BCUT2D eigenvalue weighted by Crippen LogP contribution is -2.29. The Morgan fingerprint density at radius 2 is 1.81 bits per heavy atom. The van der Waals surface area contributed by atoms with Gasteiger partial charge >= 0.3 is 7.12 Å². The molecule has 1 aromatic carbocycles. The average Bonchev–Trinajstić information content (AvgIpc) is 2.91. The summed E-state index contributed by atoms with van der Waals surface area (Å²) >= 11 is 0. The van der Waals surface area contributed by atoms with Crippen LogP contribution in [0.1, 0.15) is 24.8 Å². The Hall–Kier alpha value is -1.06. The Morgan fingerprint density at radius 1 is 1.06 bits per heavy atom. The first-order chi connectivity index (χ1) is 7.74. The molecule has 2 bridgehead atoms. The van der Waals surface area contributed by atoms with Crippen LogP contribution in [0, 0.1) is 11.8 Å². The highest BCUT2D eigenvalue weighted by molar-refractivity contribution is 6.58. The van der Waals surface area contributed by atoms with Crippen LogP contribution in [0.5, 0.6) is 0 Å². The Labute approximate surface area is 95.8 Å². The largest absolute Gasteiger partial charge is 0.488 e. The van der Waals surface area contributed by atoms with Crippen LogP contribution in [0.3, 0.4) is 0 Å². The summed E-state index contributed by atoms with van der Waals surface area (Å²) in [6.07, 6.45) is 6.39. The maximum absolute atomic E-state index is 9.03. The van der Waals surface area contributed by atoms with Gasteiger partial charge in [-0.2, -0.15) is 0 Å². The normalized spacial score (nSPS) is 27.0. The molecule has 2 unspecified atom stereocenters. The summed E-state index contributed by atoms with van der Waals surface area (Å²) in [5.74, 6) is 1.54. The second-order valence-electron chi connectivity index (χ2n) is 4.89. The zero-order chi connectivity index (χ0) is 11.1. The molecular formula is C13H15BO2. The maximum Gasteiger partial charge on any atom is 0.488 e. The van der Waals surface area contributed by atoms with Gasteiger partial charge in [0.25, 0.3) is 0 Å². The molecule has 1 aromatic rings. The lowest BCUT2D eigenvalue weighted by atomic mass is 9.79. The van der Waals surface area contributed by atoms with E-state index in [1.807, 2.05) is 12.1 Å². The minimum absolute atomic E-state index is 0.563. The molecule has 0 saturated heterocycles. The van der Waals surface area contributed by atoms with Crippen LogP contribution in [0.25, 0.3) is 5.57 Å². The van der Waals surface area contributed by atoms with Crippen molar-refractivity contribution in [3.8, 4) is 0 Å². The molecule has 2 aliphatic carbocycles. The van der Waals surface area contributed by atoms with Crippen LogP contribution in [-0.2, 0) is 0 Å². The first-order valence-corrected chi connectivity index (χ1v) is 5.92. The quantitative estimate of drug-likeness (QED) is 0.725. The number of fused-ring (bicyclic) bond motifs is 2. The van der Waals surface area contributed by atoms with Gasteiger partial charge in [-0.05, 0) is 47.7 Å². The van der Waals surface area contributed by atoms with E-state index < -0.39 is 7.12 Å². The van der Waals surface area contributed by atoms with Gasteiger partial charge in [0.2, 0.25) is 0 Å². The average molecular weight is 214 g/mol. The van der Waals surface area contributed by atoms with Crippen LogP contribution in [0.2, 0.25) is 0 Å². The number of benzene rings is 1. The van der Waals surface area contributed by atoms with Crippen molar-refractivity contribution in [1.29, 1.82) is 0 Å². The number of hydrogen-bond donors (Lipinski definition) is 2. The lowest BCUT2D eigenvalue weighted by molar-refractivity contribution is 0.426. The molecule has 1 saturated carbocycles. The highest BCUT2D eigenvalue weighted by Crippen LogP contribution is 2.47. The van der Waals surface area contributed by atoms with Gasteiger partial charge < -0.3 is 10.0 Å². The van der Waals surface area contributed by atoms with Gasteiger partial charge in [0.05, 0.1) is 0 Å². The highest BCUT2D eigenvalue weighted by Gasteiger charge is 2.33. The van der Waals surface area contributed by atoms with E-state index in [0.717, 1.165) is 11.8 Å². The molecule has 3 heteroatoms. The summed E-state index contributed by atoms with van der Waals surface area (Å²) in [7, 11) is -1.36. The van der Waals surface area contributed by atoms with E-state index in [1.165, 1.54) is 30.4 Å². The van der Waals surface area contributed by atoms with Crippen LogP contribution in [0.4, 0.5) is 0 Å². The van der Waals surface area contributed by atoms with Gasteiger partial charge in [0.1, 0.15) is 0 Å². The number of rotatable bonds is 2. The van der Waals surface area contributed by atoms with Crippen molar-refractivity contribution in [2.75, 3.05) is 0 Å². The van der Waals surface area contributed by atoms with Crippen molar-refractivity contribution in [3.05, 3.63) is 35.9 Å². The summed E-state index contributed by atoms with van der Waals surface area (Å²) in [5, 5.41) is 18.1. The minimum Gasteiger partial charge on any atom is -0.423 e. The molecule has 82 valence electrons. The van der Waals surface area contributed by atoms with Gasteiger partial charge in [-0.3, -0.25) is 0 Å². The fourth-order valence-electron chi connectivity index (χ4n) is 3.02. The Bertz CT molecular complexity index is 422. The molecule has 2 nitrogen and oxygen atoms in total. The fraction of sp³-hybridized carbons (Fsp3) is 0.385. The summed E-state index contributed by atoms with van der Waals surface area (Å²) in [6.45, 7) is 0. The maximum atomic E-state index is 9.03. The van der Waals surface area contributed by atoms with E-state index in [2.05, 4.69) is 6.08 Å². The molecule has 0 spiro atoms. The zero-order valence-corrected chi connectivity index (χ0v) is 9.13. The van der Waals surface area contributed by atoms with Crippen molar-refractivity contribution in [1.82, 2.24) is 0 Å². The molecule has 0 heterocycles. The number of hydrogen-bond acceptors (Lipinski definition) is 2. The van der Waals surface area contributed by atoms with Crippen molar-refractivity contribution < 1.29 is 10.0 Å². The van der Waals surface area contributed by atoms with Crippen LogP contribution < -0.4 is 5.46 Å². The Balaban J connectivity index is 1.88. The third-order valence-electron chi connectivity index (χ3n) is 3.87. The van der Waals surface area contributed by atoms with Gasteiger partial charge in [-0.25, -0.2) is 0 Å². The monoisotopic (exact) mass is 214 g/mol. The Kier molecular flexibility index (Phi) is 2.38. The molecule has 2 atom stereocenters. The molecule has 0 aromatic heterocycles. The number of allylic oxidation sites excluding steroid dienone is 2. The Morgan fingerprint density at radius 3 is 2.31 bits per heavy atom. The van der Waals surface area contributed by atoms with E-state index in [-0.39, 0.29) is 0 Å². The van der Waals surface area contributed by atoms with Crippen molar-refractivity contribution >= 4 is 18.2 Å². The highest BCUT2D eigenvalue weighted by atomic mass is 16.4. The van der Waals surface area contributed by atoms with Gasteiger partial charge in [-0.1, -0.05) is 30.3 Å². The van der Waals surface area contributed by atoms with Gasteiger partial charge in [0.15, 0.2) is 0 Å². The van der Waals surface area contributed by atoms with Gasteiger partial charge in [0, 0.05) is 0 Å². The van der Waals surface area contributed by atoms with E-state index in [4.69, 9.17) is 10.0 Å². The smallest absolute Gasteiger partial charge is 0.423 e.